The molecule has 2 atom stereocenters. The molecule has 2 fully saturated rings. The number of amides is 1. The van der Waals surface area contributed by atoms with Gasteiger partial charge in [-0.05, 0) is 55.5 Å². The zero-order chi connectivity index (χ0) is 18.7. The van der Waals surface area contributed by atoms with Crippen LogP contribution in [0.4, 0.5) is 0 Å². The van der Waals surface area contributed by atoms with Gasteiger partial charge in [0, 0.05) is 25.6 Å². The van der Waals surface area contributed by atoms with Gasteiger partial charge in [-0.2, -0.15) is 4.31 Å². The molecule has 0 radical (unpaired) electrons. The zero-order valence-electron chi connectivity index (χ0n) is 15.6. The van der Waals surface area contributed by atoms with Crippen molar-refractivity contribution in [2.75, 3.05) is 26.2 Å². The number of carbonyl (C=O) groups is 1. The van der Waals surface area contributed by atoms with E-state index in [1.807, 2.05) is 6.92 Å². The van der Waals surface area contributed by atoms with E-state index in [1.54, 1.807) is 28.6 Å². The van der Waals surface area contributed by atoms with Crippen LogP contribution in [-0.2, 0) is 21.4 Å². The monoisotopic (exact) mass is 379 g/mol. The number of rotatable bonds is 6. The van der Waals surface area contributed by atoms with Gasteiger partial charge < -0.3 is 10.6 Å². The van der Waals surface area contributed by atoms with Crippen LogP contribution >= 0.6 is 0 Å². The van der Waals surface area contributed by atoms with Crippen molar-refractivity contribution in [2.45, 2.75) is 38.1 Å². The summed E-state index contributed by atoms with van der Waals surface area (Å²) in [6, 6.07) is 6.87. The quantitative estimate of drug-likeness (QED) is 0.787. The van der Waals surface area contributed by atoms with Gasteiger partial charge >= 0.3 is 0 Å². The van der Waals surface area contributed by atoms with Gasteiger partial charge in [0.15, 0.2) is 0 Å². The van der Waals surface area contributed by atoms with Crippen molar-refractivity contribution in [1.82, 2.24) is 14.9 Å². The molecule has 144 valence electrons. The lowest BCUT2D eigenvalue weighted by Crippen LogP contribution is -2.49. The maximum atomic E-state index is 12.8. The Kier molecular flexibility index (Phi) is 5.99. The van der Waals surface area contributed by atoms with E-state index in [2.05, 4.69) is 17.6 Å². The van der Waals surface area contributed by atoms with Crippen LogP contribution in [0.15, 0.2) is 29.2 Å². The molecule has 3 rings (SSSR count). The summed E-state index contributed by atoms with van der Waals surface area (Å²) in [7, 11) is -3.42. The molecule has 26 heavy (non-hydrogen) atoms. The first kappa shape index (κ1) is 19.3. The summed E-state index contributed by atoms with van der Waals surface area (Å²) in [6.07, 6.45) is 2.00. The lowest BCUT2D eigenvalue weighted by Gasteiger charge is -2.31. The van der Waals surface area contributed by atoms with E-state index < -0.39 is 10.0 Å². The molecule has 7 heteroatoms. The van der Waals surface area contributed by atoms with Crippen LogP contribution in [0.2, 0.25) is 0 Å². The summed E-state index contributed by atoms with van der Waals surface area (Å²) in [6.45, 7) is 7.45. The first-order chi connectivity index (χ1) is 12.4. The van der Waals surface area contributed by atoms with Crippen LogP contribution < -0.4 is 10.6 Å². The topological polar surface area (TPSA) is 78.5 Å². The molecule has 2 aliphatic heterocycles. The number of benzene rings is 1. The fourth-order valence-corrected chi connectivity index (χ4v) is 5.12. The number of sulfonamides is 1. The highest BCUT2D eigenvalue weighted by atomic mass is 32.2. The van der Waals surface area contributed by atoms with Gasteiger partial charge in [-0.3, -0.25) is 4.79 Å². The van der Waals surface area contributed by atoms with Gasteiger partial charge in [-0.15, -0.1) is 0 Å². The number of piperidine rings is 1. The van der Waals surface area contributed by atoms with E-state index in [1.165, 1.54) is 0 Å². The molecule has 0 aromatic heterocycles. The Labute approximate surface area is 156 Å². The molecule has 2 N–H and O–H groups in total. The van der Waals surface area contributed by atoms with Crippen molar-refractivity contribution in [3.63, 3.8) is 0 Å². The molecule has 2 unspecified atom stereocenters. The first-order valence-corrected chi connectivity index (χ1v) is 10.9. The Balaban J connectivity index is 1.58. The largest absolute Gasteiger partial charge is 0.352 e. The first-order valence-electron chi connectivity index (χ1n) is 9.45. The third-order valence-corrected chi connectivity index (χ3v) is 7.46. The number of nitrogens with zero attached hydrogens (tertiary/aromatic N) is 1. The maximum Gasteiger partial charge on any atom is 0.243 e. The van der Waals surface area contributed by atoms with Crippen LogP contribution in [0.3, 0.4) is 0 Å². The van der Waals surface area contributed by atoms with E-state index >= 15 is 0 Å². The maximum absolute atomic E-state index is 12.8. The normalized spacial score (nSPS) is 23.2. The molecule has 0 saturated carbocycles. The summed E-state index contributed by atoms with van der Waals surface area (Å²) < 4.78 is 27.1. The highest BCUT2D eigenvalue weighted by molar-refractivity contribution is 7.89. The second-order valence-electron chi connectivity index (χ2n) is 7.68. The minimum Gasteiger partial charge on any atom is -0.352 e. The average Bonchev–Trinajstić information content (AvgIpc) is 2.58. The molecule has 0 spiro atoms. The standard InChI is InChI=1S/C19H29N3O3S/c1-14-4-3-9-22(13-14)26(24,25)18-7-5-16(6-8-18)10-21-19(23)15(2)17-11-20-12-17/h5-8,14-15,17,20H,3-4,9-13H2,1-2H3,(H,21,23). The highest BCUT2D eigenvalue weighted by Crippen LogP contribution is 2.23. The molecular formula is C19H29N3O3S. The summed E-state index contributed by atoms with van der Waals surface area (Å²) in [5.74, 6) is 0.864. The van der Waals surface area contributed by atoms with Gasteiger partial charge in [-0.1, -0.05) is 26.0 Å². The van der Waals surface area contributed by atoms with Crippen LogP contribution in [0.25, 0.3) is 0 Å². The summed E-state index contributed by atoms with van der Waals surface area (Å²) in [4.78, 5) is 12.5. The molecule has 2 heterocycles. The second-order valence-corrected chi connectivity index (χ2v) is 9.62. The van der Waals surface area contributed by atoms with E-state index in [0.29, 0.717) is 36.4 Å². The van der Waals surface area contributed by atoms with Gasteiger partial charge in [-0.25, -0.2) is 8.42 Å². The smallest absolute Gasteiger partial charge is 0.243 e. The Morgan fingerprint density at radius 3 is 2.58 bits per heavy atom. The van der Waals surface area contributed by atoms with Crippen molar-refractivity contribution >= 4 is 15.9 Å². The van der Waals surface area contributed by atoms with Crippen LogP contribution in [0, 0.1) is 17.8 Å². The second kappa shape index (κ2) is 8.06. The van der Waals surface area contributed by atoms with E-state index in [9.17, 15) is 13.2 Å². The fourth-order valence-electron chi connectivity index (χ4n) is 3.52. The number of carbonyl (C=O) groups excluding carboxylic acids is 1. The van der Waals surface area contributed by atoms with E-state index in [-0.39, 0.29) is 11.8 Å². The number of nitrogens with one attached hydrogen (secondary N) is 2. The molecule has 1 amide bonds. The third-order valence-electron chi connectivity index (χ3n) is 5.58. The predicted octanol–water partition coefficient (Wildman–Crippen LogP) is 1.58. The number of hydrogen-bond acceptors (Lipinski definition) is 4. The van der Waals surface area contributed by atoms with Gasteiger partial charge in [0.1, 0.15) is 0 Å². The lowest BCUT2D eigenvalue weighted by atomic mass is 9.88. The fraction of sp³-hybridized carbons (Fsp3) is 0.632. The van der Waals surface area contributed by atoms with E-state index in [4.69, 9.17) is 0 Å². The summed E-state index contributed by atoms with van der Waals surface area (Å²) in [5.41, 5.74) is 0.906. The summed E-state index contributed by atoms with van der Waals surface area (Å²) >= 11 is 0. The van der Waals surface area contributed by atoms with Gasteiger partial charge in [0.05, 0.1) is 4.90 Å². The van der Waals surface area contributed by atoms with Crippen molar-refractivity contribution < 1.29 is 13.2 Å². The van der Waals surface area contributed by atoms with Crippen molar-refractivity contribution in [3.8, 4) is 0 Å². The van der Waals surface area contributed by atoms with Crippen LogP contribution in [0.1, 0.15) is 32.3 Å². The van der Waals surface area contributed by atoms with Crippen molar-refractivity contribution in [1.29, 1.82) is 0 Å². The minimum absolute atomic E-state index is 0.00279. The predicted molar refractivity (Wildman–Crippen MR) is 101 cm³/mol. The van der Waals surface area contributed by atoms with Gasteiger partial charge in [0.2, 0.25) is 15.9 Å². The highest BCUT2D eigenvalue weighted by Gasteiger charge is 2.29. The van der Waals surface area contributed by atoms with Crippen molar-refractivity contribution in [3.05, 3.63) is 29.8 Å². The van der Waals surface area contributed by atoms with E-state index in [0.717, 1.165) is 31.5 Å². The Bertz CT molecular complexity index is 729. The minimum atomic E-state index is -3.42. The molecule has 0 aliphatic carbocycles. The summed E-state index contributed by atoms with van der Waals surface area (Å²) in [5, 5.41) is 6.13. The zero-order valence-corrected chi connectivity index (χ0v) is 16.4. The molecule has 1 aromatic carbocycles. The van der Waals surface area contributed by atoms with Gasteiger partial charge in [0.25, 0.3) is 0 Å². The molecule has 2 saturated heterocycles. The molecule has 0 bridgehead atoms. The molecule has 6 nitrogen and oxygen atoms in total. The van der Waals surface area contributed by atoms with Crippen molar-refractivity contribution in [2.24, 2.45) is 17.8 Å². The van der Waals surface area contributed by atoms with Crippen LogP contribution in [-0.4, -0.2) is 44.8 Å². The van der Waals surface area contributed by atoms with Crippen LogP contribution in [0.5, 0.6) is 0 Å². The Hall–Kier alpha value is -1.44. The molecular weight excluding hydrogens is 350 g/mol. The third kappa shape index (κ3) is 4.27. The molecule has 2 aliphatic rings. The average molecular weight is 380 g/mol. The SMILES string of the molecule is CC1CCCN(S(=O)(=O)c2ccc(CNC(=O)C(C)C3CNC3)cc2)C1. The number of hydrogen-bond donors (Lipinski definition) is 2. The Morgan fingerprint density at radius 1 is 1.31 bits per heavy atom. The lowest BCUT2D eigenvalue weighted by molar-refractivity contribution is -0.126. The molecule has 1 aromatic rings. The Morgan fingerprint density at radius 2 is 2.00 bits per heavy atom.